The van der Waals surface area contributed by atoms with E-state index in [1.54, 1.807) is 30.3 Å². The van der Waals surface area contributed by atoms with E-state index in [1.165, 1.54) is 0 Å². The Labute approximate surface area is 192 Å². The lowest BCUT2D eigenvalue weighted by molar-refractivity contribution is -0.119. The Balaban J connectivity index is 1.37. The number of carbonyl (C=O) groups excluding carboxylic acids is 3. The average Bonchev–Trinajstić information content (AvgIpc) is 3.59. The number of nitrogens with zero attached hydrogens (tertiary/aromatic N) is 1. The van der Waals surface area contributed by atoms with Crippen LogP contribution in [0.3, 0.4) is 0 Å². The molecule has 0 radical (unpaired) electrons. The standard InChI is InChI=1S/C26H27N3O4/c1-17-14-22(18(2)29(17)15-19-8-4-3-5-9-19)26(32)33-16-24(30)28-23-11-7-6-10-21(23)25(31)27-20-12-13-20/h3-11,14,20H,12-13,15-16H2,1-2H3,(H,27,31)(H,28,30). The molecule has 1 fully saturated rings. The van der Waals surface area contributed by atoms with Crippen LogP contribution < -0.4 is 10.6 Å². The number of hydrogen-bond donors (Lipinski definition) is 2. The first-order valence-electron chi connectivity index (χ1n) is 11.0. The minimum absolute atomic E-state index is 0.211. The molecule has 7 heteroatoms. The highest BCUT2D eigenvalue weighted by atomic mass is 16.5. The Morgan fingerprint density at radius 1 is 0.970 bits per heavy atom. The number of aromatic nitrogens is 1. The lowest BCUT2D eigenvalue weighted by Gasteiger charge is -2.12. The van der Waals surface area contributed by atoms with E-state index in [4.69, 9.17) is 4.74 Å². The predicted molar refractivity (Wildman–Crippen MR) is 125 cm³/mol. The molecule has 0 saturated heterocycles. The summed E-state index contributed by atoms with van der Waals surface area (Å²) < 4.78 is 7.31. The molecule has 2 aromatic carbocycles. The van der Waals surface area contributed by atoms with Crippen molar-refractivity contribution in [3.63, 3.8) is 0 Å². The van der Waals surface area contributed by atoms with E-state index in [-0.39, 0.29) is 11.9 Å². The van der Waals surface area contributed by atoms with Crippen molar-refractivity contribution >= 4 is 23.5 Å². The van der Waals surface area contributed by atoms with Crippen molar-refractivity contribution in [3.8, 4) is 0 Å². The van der Waals surface area contributed by atoms with Gasteiger partial charge in [-0.25, -0.2) is 4.79 Å². The first-order valence-corrected chi connectivity index (χ1v) is 11.0. The molecule has 0 aliphatic heterocycles. The van der Waals surface area contributed by atoms with Gasteiger partial charge in [0.2, 0.25) is 0 Å². The van der Waals surface area contributed by atoms with Crippen LogP contribution >= 0.6 is 0 Å². The molecule has 1 aromatic heterocycles. The number of carbonyl (C=O) groups is 3. The zero-order chi connectivity index (χ0) is 23.4. The number of amides is 2. The van der Waals surface area contributed by atoms with Crippen LogP contribution in [0, 0.1) is 13.8 Å². The van der Waals surface area contributed by atoms with Gasteiger partial charge in [0, 0.05) is 24.0 Å². The summed E-state index contributed by atoms with van der Waals surface area (Å²) >= 11 is 0. The van der Waals surface area contributed by atoms with Crippen LogP contribution in [0.1, 0.15) is 50.5 Å². The summed E-state index contributed by atoms with van der Waals surface area (Å²) in [6.45, 7) is 4.00. The fourth-order valence-electron chi connectivity index (χ4n) is 3.69. The molecule has 33 heavy (non-hydrogen) atoms. The number of ether oxygens (including phenoxy) is 1. The van der Waals surface area contributed by atoms with Gasteiger partial charge in [-0.1, -0.05) is 42.5 Å². The number of nitrogens with one attached hydrogen (secondary N) is 2. The molecule has 2 N–H and O–H groups in total. The van der Waals surface area contributed by atoms with Gasteiger partial charge in [-0.05, 0) is 50.5 Å². The smallest absolute Gasteiger partial charge is 0.340 e. The maximum absolute atomic E-state index is 12.7. The maximum atomic E-state index is 12.7. The van der Waals surface area contributed by atoms with Crippen LogP contribution in [-0.4, -0.2) is 35.0 Å². The van der Waals surface area contributed by atoms with Crippen molar-refractivity contribution in [2.45, 2.75) is 39.3 Å². The third-order valence-electron chi connectivity index (χ3n) is 5.67. The first-order chi connectivity index (χ1) is 15.9. The summed E-state index contributed by atoms with van der Waals surface area (Å²) in [5.41, 5.74) is 4.04. The van der Waals surface area contributed by atoms with Crippen molar-refractivity contribution in [2.24, 2.45) is 0 Å². The summed E-state index contributed by atoms with van der Waals surface area (Å²) in [5.74, 6) is -1.29. The van der Waals surface area contributed by atoms with Crippen molar-refractivity contribution < 1.29 is 19.1 Å². The Hall–Kier alpha value is -3.87. The molecule has 1 heterocycles. The monoisotopic (exact) mass is 445 g/mol. The Kier molecular flexibility index (Phi) is 6.58. The molecule has 170 valence electrons. The predicted octanol–water partition coefficient (Wildman–Crippen LogP) is 3.84. The number of hydrogen-bond acceptors (Lipinski definition) is 4. The van der Waals surface area contributed by atoms with Crippen molar-refractivity contribution in [1.82, 2.24) is 9.88 Å². The molecule has 7 nitrogen and oxygen atoms in total. The zero-order valence-corrected chi connectivity index (χ0v) is 18.8. The van der Waals surface area contributed by atoms with Gasteiger partial charge in [0.1, 0.15) is 0 Å². The quantitative estimate of drug-likeness (QED) is 0.516. The van der Waals surface area contributed by atoms with Gasteiger partial charge in [-0.2, -0.15) is 0 Å². The van der Waals surface area contributed by atoms with E-state index in [9.17, 15) is 14.4 Å². The summed E-state index contributed by atoms with van der Waals surface area (Å²) in [7, 11) is 0. The third kappa shape index (κ3) is 5.49. The minimum atomic E-state index is -0.558. The number of esters is 1. The van der Waals surface area contributed by atoms with Crippen molar-refractivity contribution in [3.05, 3.63) is 88.7 Å². The molecule has 3 aromatic rings. The van der Waals surface area contributed by atoms with Gasteiger partial charge in [0.05, 0.1) is 16.8 Å². The van der Waals surface area contributed by atoms with Gasteiger partial charge in [0.25, 0.3) is 11.8 Å². The number of benzene rings is 2. The number of rotatable bonds is 8. The van der Waals surface area contributed by atoms with Gasteiger partial charge < -0.3 is 19.9 Å². The number of aryl methyl sites for hydroxylation is 1. The highest BCUT2D eigenvalue weighted by Gasteiger charge is 2.25. The Bertz CT molecular complexity index is 1180. The Morgan fingerprint density at radius 2 is 1.67 bits per heavy atom. The second-order valence-electron chi connectivity index (χ2n) is 8.27. The van der Waals surface area contributed by atoms with E-state index in [2.05, 4.69) is 10.6 Å². The second kappa shape index (κ2) is 9.73. The number of para-hydroxylation sites is 1. The van der Waals surface area contributed by atoms with Crippen LogP contribution in [0.15, 0.2) is 60.7 Å². The SMILES string of the molecule is Cc1cc(C(=O)OCC(=O)Nc2ccccc2C(=O)NC2CC2)c(C)n1Cc1ccccc1. The van der Waals surface area contributed by atoms with Crippen molar-refractivity contribution in [1.29, 1.82) is 0 Å². The second-order valence-corrected chi connectivity index (χ2v) is 8.27. The van der Waals surface area contributed by atoms with Crippen LogP contribution in [0.2, 0.25) is 0 Å². The highest BCUT2D eigenvalue weighted by molar-refractivity contribution is 6.04. The molecule has 0 bridgehead atoms. The minimum Gasteiger partial charge on any atom is -0.452 e. The molecule has 0 spiro atoms. The fraction of sp³-hybridized carbons (Fsp3) is 0.269. The lowest BCUT2D eigenvalue weighted by Crippen LogP contribution is -2.28. The molecule has 1 aliphatic rings. The third-order valence-corrected chi connectivity index (χ3v) is 5.67. The molecule has 0 atom stereocenters. The van der Waals surface area contributed by atoms with Gasteiger partial charge in [-0.3, -0.25) is 9.59 Å². The number of anilines is 1. The normalized spacial score (nSPS) is 12.8. The average molecular weight is 446 g/mol. The molecule has 1 saturated carbocycles. The van der Waals surface area contributed by atoms with Gasteiger partial charge in [-0.15, -0.1) is 0 Å². The van der Waals surface area contributed by atoms with E-state index in [0.29, 0.717) is 23.4 Å². The highest BCUT2D eigenvalue weighted by Crippen LogP contribution is 2.22. The van der Waals surface area contributed by atoms with Crippen LogP contribution in [0.25, 0.3) is 0 Å². The lowest BCUT2D eigenvalue weighted by atomic mass is 10.1. The van der Waals surface area contributed by atoms with E-state index in [0.717, 1.165) is 29.8 Å². The molecule has 0 unspecified atom stereocenters. The van der Waals surface area contributed by atoms with E-state index >= 15 is 0 Å². The summed E-state index contributed by atoms with van der Waals surface area (Å²) in [6.07, 6.45) is 1.95. The first kappa shape index (κ1) is 22.3. The van der Waals surface area contributed by atoms with Crippen LogP contribution in [0.5, 0.6) is 0 Å². The van der Waals surface area contributed by atoms with Crippen LogP contribution in [-0.2, 0) is 16.1 Å². The van der Waals surface area contributed by atoms with Crippen molar-refractivity contribution in [2.75, 3.05) is 11.9 Å². The molecular weight excluding hydrogens is 418 g/mol. The summed E-state index contributed by atoms with van der Waals surface area (Å²) in [4.78, 5) is 37.5. The largest absolute Gasteiger partial charge is 0.452 e. The molecule has 1 aliphatic carbocycles. The van der Waals surface area contributed by atoms with Gasteiger partial charge in [0.15, 0.2) is 6.61 Å². The zero-order valence-electron chi connectivity index (χ0n) is 18.8. The topological polar surface area (TPSA) is 89.4 Å². The van der Waals surface area contributed by atoms with E-state index < -0.39 is 18.5 Å². The van der Waals surface area contributed by atoms with E-state index in [1.807, 2.05) is 48.7 Å². The van der Waals surface area contributed by atoms with Gasteiger partial charge >= 0.3 is 5.97 Å². The fourth-order valence-corrected chi connectivity index (χ4v) is 3.69. The summed E-state index contributed by atoms with van der Waals surface area (Å²) in [5, 5.41) is 5.58. The molecule has 4 rings (SSSR count). The van der Waals surface area contributed by atoms with Crippen LogP contribution in [0.4, 0.5) is 5.69 Å². The maximum Gasteiger partial charge on any atom is 0.340 e. The molecule has 2 amide bonds. The Morgan fingerprint density at radius 3 is 2.39 bits per heavy atom. The molecular formula is C26H27N3O4. The summed E-state index contributed by atoms with van der Waals surface area (Å²) in [6, 6.07) is 18.7.